The standard InChI is InChI=1S/C28H32N2O4S/c1-19(2)21-7-9-22(10-8-21)34-18-24-23-12-15-35-26(23)11-13-30(24)27(31)17-29(16-20-5-6-20)28(32)25-4-3-14-33-25/h3-4,7-10,12,14-15,19-20,24H,5-6,11,13,16-18H2,1-2H3/t24-/m1/s1. The van der Waals surface area contributed by atoms with Crippen LogP contribution in [0.1, 0.15) is 65.2 Å². The van der Waals surface area contributed by atoms with E-state index in [1.54, 1.807) is 28.4 Å². The lowest BCUT2D eigenvalue weighted by atomic mass is 10.00. The number of nitrogens with zero attached hydrogens (tertiary/aromatic N) is 2. The van der Waals surface area contributed by atoms with Crippen molar-refractivity contribution in [2.24, 2.45) is 5.92 Å². The Labute approximate surface area is 210 Å². The van der Waals surface area contributed by atoms with E-state index < -0.39 is 0 Å². The van der Waals surface area contributed by atoms with Gasteiger partial charge in [-0.3, -0.25) is 9.59 Å². The van der Waals surface area contributed by atoms with Gasteiger partial charge in [-0.25, -0.2) is 0 Å². The van der Waals surface area contributed by atoms with Crippen LogP contribution in [0.5, 0.6) is 5.75 Å². The molecule has 1 aromatic carbocycles. The minimum atomic E-state index is -0.221. The van der Waals surface area contributed by atoms with Crippen LogP contribution in [0.25, 0.3) is 0 Å². The van der Waals surface area contributed by atoms with E-state index in [1.807, 2.05) is 17.0 Å². The number of ether oxygens (including phenoxy) is 1. The topological polar surface area (TPSA) is 63.0 Å². The third-order valence-corrected chi connectivity index (χ3v) is 7.89. The molecule has 0 N–H and O–H groups in total. The molecule has 0 saturated heterocycles. The van der Waals surface area contributed by atoms with Crippen LogP contribution in [0.2, 0.25) is 0 Å². The van der Waals surface area contributed by atoms with Crippen LogP contribution in [-0.4, -0.2) is 47.9 Å². The van der Waals surface area contributed by atoms with E-state index in [2.05, 4.69) is 37.4 Å². The first kappa shape index (κ1) is 23.7. The largest absolute Gasteiger partial charge is 0.491 e. The van der Waals surface area contributed by atoms with Gasteiger partial charge in [0.25, 0.3) is 5.91 Å². The number of benzene rings is 1. The summed E-state index contributed by atoms with van der Waals surface area (Å²) in [5.41, 5.74) is 2.42. The molecule has 2 amide bonds. The maximum absolute atomic E-state index is 13.6. The Hall–Kier alpha value is -3.06. The molecule has 2 aliphatic rings. The lowest BCUT2D eigenvalue weighted by molar-refractivity contribution is -0.135. The summed E-state index contributed by atoms with van der Waals surface area (Å²) in [5.74, 6) is 1.74. The average Bonchev–Trinajstić information content (AvgIpc) is 3.31. The van der Waals surface area contributed by atoms with Gasteiger partial charge in [0.15, 0.2) is 5.76 Å². The lowest BCUT2D eigenvalue weighted by Crippen LogP contribution is -2.48. The highest BCUT2D eigenvalue weighted by molar-refractivity contribution is 7.10. The van der Waals surface area contributed by atoms with Gasteiger partial charge in [0, 0.05) is 18.0 Å². The zero-order valence-corrected chi connectivity index (χ0v) is 21.1. The fourth-order valence-electron chi connectivity index (χ4n) is 4.64. The van der Waals surface area contributed by atoms with Crippen molar-refractivity contribution in [3.63, 3.8) is 0 Å². The summed E-state index contributed by atoms with van der Waals surface area (Å²) >= 11 is 1.73. The number of hydrogen-bond donors (Lipinski definition) is 0. The van der Waals surface area contributed by atoms with Gasteiger partial charge < -0.3 is 19.0 Å². The van der Waals surface area contributed by atoms with E-state index >= 15 is 0 Å². The third-order valence-electron chi connectivity index (χ3n) is 6.89. The molecular formula is C28H32N2O4S. The molecular weight excluding hydrogens is 460 g/mol. The zero-order valence-electron chi connectivity index (χ0n) is 20.3. The molecule has 6 nitrogen and oxygen atoms in total. The van der Waals surface area contributed by atoms with Gasteiger partial charge in [-0.15, -0.1) is 11.3 Å². The number of rotatable bonds is 9. The molecule has 1 saturated carbocycles. The third kappa shape index (κ3) is 5.45. The molecule has 0 spiro atoms. The second-order valence-electron chi connectivity index (χ2n) is 9.79. The van der Waals surface area contributed by atoms with E-state index in [4.69, 9.17) is 9.15 Å². The van der Waals surface area contributed by atoms with Gasteiger partial charge in [0.1, 0.15) is 18.9 Å². The fourth-order valence-corrected chi connectivity index (χ4v) is 5.57. The van der Waals surface area contributed by atoms with E-state index in [9.17, 15) is 9.59 Å². The average molecular weight is 493 g/mol. The molecule has 5 rings (SSSR count). The highest BCUT2D eigenvalue weighted by atomic mass is 32.1. The SMILES string of the molecule is CC(C)c1ccc(OC[C@@H]2c3ccsc3CCN2C(=O)CN(CC2CC2)C(=O)c2ccco2)cc1. The van der Waals surface area contributed by atoms with Crippen LogP contribution in [0.15, 0.2) is 58.5 Å². The molecule has 0 unspecified atom stereocenters. The minimum absolute atomic E-state index is 0.0499. The van der Waals surface area contributed by atoms with Crippen LogP contribution in [0, 0.1) is 5.92 Å². The second kappa shape index (κ2) is 10.3. The molecule has 1 aliphatic carbocycles. The van der Waals surface area contributed by atoms with Crippen molar-refractivity contribution < 1.29 is 18.7 Å². The molecule has 0 bridgehead atoms. The van der Waals surface area contributed by atoms with Crippen LogP contribution in [-0.2, 0) is 11.2 Å². The van der Waals surface area contributed by atoms with Gasteiger partial charge in [0.2, 0.25) is 5.91 Å². The molecule has 2 aromatic heterocycles. The number of carbonyl (C=O) groups is 2. The van der Waals surface area contributed by atoms with Gasteiger partial charge in [-0.05, 0) is 77.9 Å². The van der Waals surface area contributed by atoms with Gasteiger partial charge in [-0.1, -0.05) is 26.0 Å². The number of thiophene rings is 1. The summed E-state index contributed by atoms with van der Waals surface area (Å²) in [6, 6.07) is 13.5. The summed E-state index contributed by atoms with van der Waals surface area (Å²) in [7, 11) is 0. The summed E-state index contributed by atoms with van der Waals surface area (Å²) in [5, 5.41) is 2.09. The molecule has 0 radical (unpaired) electrons. The van der Waals surface area contributed by atoms with Gasteiger partial charge >= 0.3 is 0 Å². The van der Waals surface area contributed by atoms with Crippen molar-refractivity contribution in [2.75, 3.05) is 26.2 Å². The Morgan fingerprint density at radius 3 is 2.66 bits per heavy atom. The quantitative estimate of drug-likeness (QED) is 0.394. The first-order valence-corrected chi connectivity index (χ1v) is 13.3. The molecule has 35 heavy (non-hydrogen) atoms. The predicted octanol–water partition coefficient (Wildman–Crippen LogP) is 5.52. The normalized spacial score (nSPS) is 17.3. The zero-order chi connectivity index (χ0) is 24.4. The molecule has 184 valence electrons. The Morgan fingerprint density at radius 1 is 1.17 bits per heavy atom. The first-order valence-electron chi connectivity index (χ1n) is 12.4. The van der Waals surface area contributed by atoms with Crippen LogP contribution >= 0.6 is 11.3 Å². The fraction of sp³-hybridized carbons (Fsp3) is 0.429. The Balaban J connectivity index is 1.31. The van der Waals surface area contributed by atoms with Crippen molar-refractivity contribution in [1.29, 1.82) is 0 Å². The summed E-state index contributed by atoms with van der Waals surface area (Å²) in [6.45, 7) is 5.98. The molecule has 3 aromatic rings. The van der Waals surface area contributed by atoms with Crippen molar-refractivity contribution in [3.8, 4) is 5.75 Å². The van der Waals surface area contributed by atoms with Crippen molar-refractivity contribution in [3.05, 3.63) is 75.9 Å². The van der Waals surface area contributed by atoms with E-state index in [0.29, 0.717) is 31.5 Å². The Morgan fingerprint density at radius 2 is 1.97 bits per heavy atom. The van der Waals surface area contributed by atoms with Crippen molar-refractivity contribution >= 4 is 23.2 Å². The van der Waals surface area contributed by atoms with E-state index in [1.165, 1.54) is 16.7 Å². The lowest BCUT2D eigenvalue weighted by Gasteiger charge is -2.37. The number of hydrogen-bond acceptors (Lipinski definition) is 5. The van der Waals surface area contributed by atoms with Crippen LogP contribution < -0.4 is 4.74 Å². The number of amides is 2. The highest BCUT2D eigenvalue weighted by Crippen LogP contribution is 2.35. The van der Waals surface area contributed by atoms with Crippen molar-refractivity contribution in [2.45, 2.75) is 45.1 Å². The molecule has 7 heteroatoms. The number of fused-ring (bicyclic) bond motifs is 1. The Bertz CT molecular complexity index is 1150. The molecule has 1 aliphatic heterocycles. The second-order valence-corrected chi connectivity index (χ2v) is 10.8. The maximum Gasteiger partial charge on any atom is 0.290 e. The summed E-state index contributed by atoms with van der Waals surface area (Å²) in [4.78, 5) is 31.5. The monoisotopic (exact) mass is 492 g/mol. The van der Waals surface area contributed by atoms with Gasteiger partial charge in [-0.2, -0.15) is 0 Å². The molecule has 3 heterocycles. The molecule has 1 fully saturated rings. The maximum atomic E-state index is 13.6. The highest BCUT2D eigenvalue weighted by Gasteiger charge is 2.35. The van der Waals surface area contributed by atoms with Crippen molar-refractivity contribution in [1.82, 2.24) is 9.80 Å². The summed E-state index contributed by atoms with van der Waals surface area (Å²) < 4.78 is 11.5. The minimum Gasteiger partial charge on any atom is -0.491 e. The van der Waals surface area contributed by atoms with E-state index in [0.717, 1.165) is 30.6 Å². The van der Waals surface area contributed by atoms with Crippen LogP contribution in [0.3, 0.4) is 0 Å². The number of furan rings is 1. The molecule has 1 atom stereocenters. The predicted molar refractivity (Wildman–Crippen MR) is 136 cm³/mol. The summed E-state index contributed by atoms with van der Waals surface area (Å²) in [6.07, 6.45) is 4.52. The van der Waals surface area contributed by atoms with Crippen LogP contribution in [0.4, 0.5) is 0 Å². The van der Waals surface area contributed by atoms with E-state index in [-0.39, 0.29) is 30.2 Å². The first-order chi connectivity index (χ1) is 17.0. The van der Waals surface area contributed by atoms with Gasteiger partial charge in [0.05, 0.1) is 12.3 Å². The Kier molecular flexibility index (Phi) is 6.95. The number of carbonyl (C=O) groups excluding carboxylic acids is 2. The smallest absolute Gasteiger partial charge is 0.290 e.